The molecule has 1 aliphatic heterocycles. The van der Waals surface area contributed by atoms with E-state index in [0.29, 0.717) is 18.7 Å². The zero-order chi connectivity index (χ0) is 21.7. The maximum atomic E-state index is 12.9. The Morgan fingerprint density at radius 1 is 1.03 bits per heavy atom. The predicted octanol–water partition coefficient (Wildman–Crippen LogP) is 1.97. The fraction of sp³-hybridized carbons (Fsp3) is 0.409. The Balaban J connectivity index is 1.75. The smallest absolute Gasteiger partial charge is 0.326 e. The van der Waals surface area contributed by atoms with Gasteiger partial charge in [0.2, 0.25) is 10.0 Å². The number of piperazine rings is 1. The molecule has 0 aliphatic carbocycles. The molecule has 8 heteroatoms. The van der Waals surface area contributed by atoms with Gasteiger partial charge in [-0.05, 0) is 31.5 Å². The van der Waals surface area contributed by atoms with Crippen LogP contribution in [0.25, 0.3) is 0 Å². The average molecular weight is 433 g/mol. The Labute approximate surface area is 177 Å². The summed E-state index contributed by atoms with van der Waals surface area (Å²) in [7, 11) is -3.60. The number of esters is 1. The Morgan fingerprint density at radius 2 is 1.63 bits per heavy atom. The Kier molecular flexibility index (Phi) is 7.25. The molecule has 0 amide bonds. The number of carbonyl (C=O) groups excluding carboxylic acids is 1. The highest BCUT2D eigenvalue weighted by Crippen LogP contribution is 2.25. The number of hydrogen-bond acceptors (Lipinski definition) is 6. The molecule has 7 nitrogen and oxygen atoms in total. The highest BCUT2D eigenvalue weighted by Gasteiger charge is 2.38. The molecule has 2 unspecified atom stereocenters. The van der Waals surface area contributed by atoms with Gasteiger partial charge in [0.15, 0.2) is 0 Å². The van der Waals surface area contributed by atoms with Crippen molar-refractivity contribution in [3.63, 3.8) is 0 Å². The number of carbonyl (C=O) groups is 1. The first-order valence-corrected chi connectivity index (χ1v) is 11.5. The van der Waals surface area contributed by atoms with E-state index in [1.54, 1.807) is 60.4 Å². The lowest BCUT2D eigenvalue weighted by molar-refractivity contribution is -0.155. The van der Waals surface area contributed by atoms with Gasteiger partial charge in [-0.3, -0.25) is 9.69 Å². The van der Waals surface area contributed by atoms with Crippen molar-refractivity contribution in [2.75, 3.05) is 32.8 Å². The first-order chi connectivity index (χ1) is 14.3. The van der Waals surface area contributed by atoms with E-state index in [1.165, 1.54) is 4.31 Å². The van der Waals surface area contributed by atoms with Crippen LogP contribution in [0.1, 0.15) is 24.2 Å². The topological polar surface area (TPSA) is 87.2 Å². The molecular formula is C22H28N2O5S. The zero-order valence-electron chi connectivity index (χ0n) is 17.3. The molecule has 2 aromatic carbocycles. The minimum atomic E-state index is -3.60. The van der Waals surface area contributed by atoms with Crippen molar-refractivity contribution in [1.82, 2.24) is 9.21 Å². The summed E-state index contributed by atoms with van der Waals surface area (Å²) in [5.41, 5.74) is 1.61. The summed E-state index contributed by atoms with van der Waals surface area (Å²) in [5, 5.41) is 10.9. The Bertz CT molecular complexity index is 939. The van der Waals surface area contributed by atoms with Gasteiger partial charge in [-0.1, -0.05) is 48.0 Å². The number of rotatable bonds is 7. The summed E-state index contributed by atoms with van der Waals surface area (Å²) in [6, 6.07) is 14.8. The highest BCUT2D eigenvalue weighted by atomic mass is 32.2. The van der Waals surface area contributed by atoms with E-state index in [2.05, 4.69) is 0 Å². The van der Waals surface area contributed by atoms with Crippen molar-refractivity contribution in [3.8, 4) is 0 Å². The third-order valence-corrected chi connectivity index (χ3v) is 7.21. The fourth-order valence-corrected chi connectivity index (χ4v) is 5.04. The van der Waals surface area contributed by atoms with E-state index >= 15 is 0 Å². The van der Waals surface area contributed by atoms with E-state index in [1.807, 2.05) is 13.0 Å². The second-order valence-electron chi connectivity index (χ2n) is 7.31. The van der Waals surface area contributed by atoms with E-state index in [4.69, 9.17) is 4.74 Å². The molecule has 1 saturated heterocycles. The second kappa shape index (κ2) is 9.70. The van der Waals surface area contributed by atoms with Gasteiger partial charge in [0.25, 0.3) is 0 Å². The number of nitrogens with zero attached hydrogens (tertiary/aromatic N) is 2. The van der Waals surface area contributed by atoms with Crippen molar-refractivity contribution in [2.24, 2.45) is 0 Å². The van der Waals surface area contributed by atoms with Crippen molar-refractivity contribution in [3.05, 3.63) is 65.7 Å². The molecule has 1 N–H and O–H groups in total. The lowest BCUT2D eigenvalue weighted by atomic mass is 10.0. The van der Waals surface area contributed by atoms with Crippen LogP contribution in [0.4, 0.5) is 0 Å². The number of ether oxygens (including phenoxy) is 1. The molecule has 2 atom stereocenters. The number of aryl methyl sites for hydroxylation is 1. The van der Waals surface area contributed by atoms with Gasteiger partial charge < -0.3 is 9.84 Å². The van der Waals surface area contributed by atoms with Crippen molar-refractivity contribution in [1.29, 1.82) is 0 Å². The third-order valence-electron chi connectivity index (χ3n) is 5.29. The first-order valence-electron chi connectivity index (χ1n) is 10.0. The van der Waals surface area contributed by atoms with Crippen LogP contribution in [0.2, 0.25) is 0 Å². The van der Waals surface area contributed by atoms with Crippen LogP contribution >= 0.6 is 0 Å². The lowest BCUT2D eigenvalue weighted by Gasteiger charge is -2.39. The number of aliphatic hydroxyl groups excluding tert-OH is 1. The summed E-state index contributed by atoms with van der Waals surface area (Å²) < 4.78 is 32.5. The van der Waals surface area contributed by atoms with Crippen LogP contribution in [0, 0.1) is 6.92 Å². The van der Waals surface area contributed by atoms with Crippen LogP contribution in [0.5, 0.6) is 0 Å². The average Bonchev–Trinajstić information content (AvgIpc) is 2.75. The van der Waals surface area contributed by atoms with Gasteiger partial charge in [0, 0.05) is 26.2 Å². The van der Waals surface area contributed by atoms with Gasteiger partial charge in [-0.25, -0.2) is 8.42 Å². The van der Waals surface area contributed by atoms with E-state index in [9.17, 15) is 18.3 Å². The van der Waals surface area contributed by atoms with Crippen molar-refractivity contribution >= 4 is 16.0 Å². The SMILES string of the molecule is CCOC(=O)C(C(O)c1ccccc1)N1CCN(S(=O)(=O)c2ccc(C)cc2)CC1. The molecule has 2 aromatic rings. The monoisotopic (exact) mass is 432 g/mol. The number of hydrogen-bond donors (Lipinski definition) is 1. The van der Waals surface area contributed by atoms with Crippen molar-refractivity contribution < 1.29 is 23.1 Å². The Hall–Kier alpha value is -2.26. The summed E-state index contributed by atoms with van der Waals surface area (Å²) in [6.07, 6.45) is -1.06. The van der Waals surface area contributed by atoms with E-state index in [-0.39, 0.29) is 24.6 Å². The number of benzene rings is 2. The molecule has 0 spiro atoms. The van der Waals surface area contributed by atoms with Crippen molar-refractivity contribution in [2.45, 2.75) is 30.9 Å². The minimum Gasteiger partial charge on any atom is -0.465 e. The maximum Gasteiger partial charge on any atom is 0.326 e. The van der Waals surface area contributed by atoms with Gasteiger partial charge in [0.1, 0.15) is 12.1 Å². The molecule has 1 heterocycles. The highest BCUT2D eigenvalue weighted by molar-refractivity contribution is 7.89. The van der Waals surface area contributed by atoms with Gasteiger partial charge in [-0.15, -0.1) is 0 Å². The maximum absolute atomic E-state index is 12.9. The van der Waals surface area contributed by atoms with Crippen LogP contribution in [-0.4, -0.2) is 67.5 Å². The summed E-state index contributed by atoms with van der Waals surface area (Å²) in [4.78, 5) is 14.7. The predicted molar refractivity (Wildman–Crippen MR) is 113 cm³/mol. The summed E-state index contributed by atoms with van der Waals surface area (Å²) in [6.45, 7) is 4.93. The largest absolute Gasteiger partial charge is 0.465 e. The molecular weight excluding hydrogens is 404 g/mol. The van der Waals surface area contributed by atoms with E-state index < -0.39 is 28.1 Å². The van der Waals surface area contributed by atoms with Gasteiger partial charge in [-0.2, -0.15) is 4.31 Å². The lowest BCUT2D eigenvalue weighted by Crippen LogP contribution is -2.55. The first kappa shape index (κ1) is 22.4. The number of sulfonamides is 1. The summed E-state index contributed by atoms with van der Waals surface area (Å²) in [5.74, 6) is -0.510. The molecule has 30 heavy (non-hydrogen) atoms. The molecule has 162 valence electrons. The fourth-order valence-electron chi connectivity index (χ4n) is 3.62. The normalized spacial score (nSPS) is 18.0. The molecule has 1 fully saturated rings. The number of aliphatic hydroxyl groups is 1. The molecule has 1 aliphatic rings. The molecule has 0 radical (unpaired) electrons. The van der Waals surface area contributed by atoms with Gasteiger partial charge in [0.05, 0.1) is 11.5 Å². The quantitative estimate of drug-likeness (QED) is 0.673. The molecule has 0 saturated carbocycles. The minimum absolute atomic E-state index is 0.207. The molecule has 0 aromatic heterocycles. The van der Waals surface area contributed by atoms with E-state index in [0.717, 1.165) is 5.56 Å². The third kappa shape index (κ3) is 4.89. The molecule has 3 rings (SSSR count). The zero-order valence-corrected chi connectivity index (χ0v) is 18.1. The van der Waals surface area contributed by atoms with Crippen LogP contribution in [0.15, 0.2) is 59.5 Å². The summed E-state index contributed by atoms with van der Waals surface area (Å²) >= 11 is 0. The second-order valence-corrected chi connectivity index (χ2v) is 9.24. The standard InChI is InChI=1S/C22H28N2O5S/c1-3-29-22(26)20(21(25)18-7-5-4-6-8-18)23-13-15-24(16-14-23)30(27,28)19-11-9-17(2)10-12-19/h4-12,20-21,25H,3,13-16H2,1-2H3. The van der Waals surface area contributed by atoms with Gasteiger partial charge >= 0.3 is 5.97 Å². The molecule has 0 bridgehead atoms. The van der Waals surface area contributed by atoms with Crippen LogP contribution in [0.3, 0.4) is 0 Å². The Morgan fingerprint density at radius 3 is 2.20 bits per heavy atom. The van der Waals surface area contributed by atoms with Crippen LogP contribution < -0.4 is 0 Å². The van der Waals surface area contributed by atoms with Crippen LogP contribution in [-0.2, 0) is 19.6 Å².